The molecule has 2 aliphatic heterocycles. The molecule has 1 saturated heterocycles. The van der Waals surface area contributed by atoms with Crippen LogP contribution in [-0.2, 0) is 28.0 Å². The standard InChI is InChI=1S/C27H42N2O3S/c1-3-22-15-23-24(33-22)7-12-32-27(23)10-11-29(19(2)16-27)18-20-13-21(14-20)28-25(30)17-26(31)8-5-4-6-9-26/h15,19-21,31H,3-14,16-18H2,1-2H3,(H,28,30)/t19-,20?,21?,27+/m0/s1. The van der Waals surface area contributed by atoms with Crippen molar-refractivity contribution < 1.29 is 14.6 Å². The van der Waals surface area contributed by atoms with E-state index in [1.165, 1.54) is 16.9 Å². The minimum Gasteiger partial charge on any atom is -0.389 e. The van der Waals surface area contributed by atoms with Gasteiger partial charge in [-0.25, -0.2) is 0 Å². The van der Waals surface area contributed by atoms with Crippen LogP contribution in [0, 0.1) is 5.92 Å². The monoisotopic (exact) mass is 474 g/mol. The van der Waals surface area contributed by atoms with Gasteiger partial charge in [-0.05, 0) is 69.4 Å². The number of thiophene rings is 1. The molecule has 1 spiro atoms. The predicted molar refractivity (Wildman–Crippen MR) is 133 cm³/mol. The molecule has 5 rings (SSSR count). The van der Waals surface area contributed by atoms with E-state index in [0.29, 0.717) is 18.0 Å². The van der Waals surface area contributed by atoms with Gasteiger partial charge in [0.15, 0.2) is 0 Å². The summed E-state index contributed by atoms with van der Waals surface area (Å²) in [7, 11) is 0. The number of aryl methyl sites for hydroxylation is 1. The molecule has 2 aliphatic carbocycles. The zero-order valence-electron chi connectivity index (χ0n) is 20.5. The Morgan fingerprint density at radius 3 is 2.79 bits per heavy atom. The highest BCUT2D eigenvalue weighted by atomic mass is 32.1. The number of amides is 1. The van der Waals surface area contributed by atoms with Crippen LogP contribution in [-0.4, -0.2) is 53.3 Å². The van der Waals surface area contributed by atoms with Crippen molar-refractivity contribution in [2.24, 2.45) is 5.92 Å². The molecule has 2 N–H and O–H groups in total. The molecule has 4 aliphatic rings. The van der Waals surface area contributed by atoms with Crippen LogP contribution in [0.25, 0.3) is 0 Å². The number of piperidine rings is 1. The number of aliphatic hydroxyl groups is 1. The van der Waals surface area contributed by atoms with Gasteiger partial charge in [0.1, 0.15) is 0 Å². The molecule has 6 heteroatoms. The first-order valence-corrected chi connectivity index (χ1v) is 14.2. The summed E-state index contributed by atoms with van der Waals surface area (Å²) in [5, 5.41) is 13.8. The fourth-order valence-electron chi connectivity index (χ4n) is 6.84. The molecule has 1 aromatic heterocycles. The second-order valence-electron chi connectivity index (χ2n) is 11.4. The first-order chi connectivity index (χ1) is 15.9. The Labute approximate surface area is 203 Å². The van der Waals surface area contributed by atoms with Crippen molar-refractivity contribution in [2.45, 2.75) is 114 Å². The molecule has 5 nitrogen and oxygen atoms in total. The number of carbonyl (C=O) groups is 1. The van der Waals surface area contributed by atoms with E-state index in [1.807, 2.05) is 11.3 Å². The van der Waals surface area contributed by atoms with Crippen molar-refractivity contribution in [2.75, 3.05) is 19.7 Å². The zero-order valence-corrected chi connectivity index (χ0v) is 21.4. The summed E-state index contributed by atoms with van der Waals surface area (Å²) < 4.78 is 6.50. The second-order valence-corrected chi connectivity index (χ2v) is 12.6. The van der Waals surface area contributed by atoms with Gasteiger partial charge < -0.3 is 20.1 Å². The molecule has 1 aromatic rings. The molecule has 0 aromatic carbocycles. The lowest BCUT2D eigenvalue weighted by atomic mass is 9.76. The minimum absolute atomic E-state index is 0.0450. The number of nitrogens with zero attached hydrogens (tertiary/aromatic N) is 1. The molecule has 0 radical (unpaired) electrons. The van der Waals surface area contributed by atoms with Gasteiger partial charge >= 0.3 is 0 Å². The maximum atomic E-state index is 12.5. The van der Waals surface area contributed by atoms with Gasteiger partial charge in [-0.3, -0.25) is 4.79 Å². The third-order valence-electron chi connectivity index (χ3n) is 8.83. The third-order valence-corrected chi connectivity index (χ3v) is 10.2. The number of nitrogens with one attached hydrogen (secondary N) is 1. The maximum Gasteiger partial charge on any atom is 0.223 e. The number of hydrogen-bond acceptors (Lipinski definition) is 5. The zero-order chi connectivity index (χ0) is 23.1. The van der Waals surface area contributed by atoms with Gasteiger partial charge in [-0.2, -0.15) is 0 Å². The topological polar surface area (TPSA) is 61.8 Å². The van der Waals surface area contributed by atoms with Crippen molar-refractivity contribution in [3.63, 3.8) is 0 Å². The molecule has 0 unspecified atom stereocenters. The maximum absolute atomic E-state index is 12.5. The highest BCUT2D eigenvalue weighted by molar-refractivity contribution is 7.12. The molecule has 3 fully saturated rings. The highest BCUT2D eigenvalue weighted by Gasteiger charge is 2.45. The summed E-state index contributed by atoms with van der Waals surface area (Å²) >= 11 is 2.00. The van der Waals surface area contributed by atoms with E-state index in [9.17, 15) is 9.90 Å². The Morgan fingerprint density at radius 1 is 1.27 bits per heavy atom. The average Bonchev–Trinajstić information content (AvgIpc) is 3.19. The quantitative estimate of drug-likeness (QED) is 0.635. The molecule has 33 heavy (non-hydrogen) atoms. The van der Waals surface area contributed by atoms with Crippen LogP contribution in [0.15, 0.2) is 6.07 Å². The van der Waals surface area contributed by atoms with E-state index in [2.05, 4.69) is 30.1 Å². The van der Waals surface area contributed by atoms with Crippen molar-refractivity contribution >= 4 is 17.2 Å². The molecule has 3 heterocycles. The fraction of sp³-hybridized carbons (Fsp3) is 0.815. The lowest BCUT2D eigenvalue weighted by molar-refractivity contribution is -0.129. The van der Waals surface area contributed by atoms with Gasteiger partial charge in [0.05, 0.1) is 24.2 Å². The van der Waals surface area contributed by atoms with Crippen LogP contribution in [0.3, 0.4) is 0 Å². The number of fused-ring (bicyclic) bond motifs is 2. The Kier molecular flexibility index (Phi) is 6.91. The predicted octanol–water partition coefficient (Wildman–Crippen LogP) is 4.54. The first kappa shape index (κ1) is 23.8. The van der Waals surface area contributed by atoms with Crippen molar-refractivity contribution in [3.05, 3.63) is 21.4 Å². The largest absolute Gasteiger partial charge is 0.389 e. The van der Waals surface area contributed by atoms with Crippen LogP contribution in [0.4, 0.5) is 0 Å². The smallest absolute Gasteiger partial charge is 0.223 e. The Morgan fingerprint density at radius 2 is 2.06 bits per heavy atom. The molecule has 0 bridgehead atoms. The number of rotatable bonds is 6. The molecule has 2 saturated carbocycles. The van der Waals surface area contributed by atoms with Gasteiger partial charge in [-0.15, -0.1) is 11.3 Å². The van der Waals surface area contributed by atoms with Crippen molar-refractivity contribution in [3.8, 4) is 0 Å². The molecular weight excluding hydrogens is 432 g/mol. The third kappa shape index (κ3) is 5.05. The lowest BCUT2D eigenvalue weighted by Gasteiger charge is -2.49. The van der Waals surface area contributed by atoms with Gasteiger partial charge in [0.2, 0.25) is 5.91 Å². The van der Waals surface area contributed by atoms with E-state index in [-0.39, 0.29) is 17.9 Å². The second kappa shape index (κ2) is 9.60. The Balaban J connectivity index is 1.09. The Bertz CT molecular complexity index is 842. The van der Waals surface area contributed by atoms with E-state index >= 15 is 0 Å². The normalized spacial score (nSPS) is 34.0. The van der Waals surface area contributed by atoms with Gasteiger partial charge in [-0.1, -0.05) is 26.2 Å². The first-order valence-electron chi connectivity index (χ1n) is 13.4. The molecule has 1 amide bonds. The van der Waals surface area contributed by atoms with E-state index in [0.717, 1.165) is 83.9 Å². The van der Waals surface area contributed by atoms with Crippen LogP contribution in [0.1, 0.15) is 93.4 Å². The summed E-state index contributed by atoms with van der Waals surface area (Å²) in [4.78, 5) is 18.2. The Hall–Kier alpha value is -0.950. The summed E-state index contributed by atoms with van der Waals surface area (Å²) in [5.74, 6) is 0.712. The van der Waals surface area contributed by atoms with Crippen molar-refractivity contribution in [1.29, 1.82) is 0 Å². The SMILES string of the molecule is CCc1cc2c(s1)CCO[C@@]21CCN(CC2CC(NC(=O)CC3(O)CCCCC3)C2)[C@@H](C)C1. The number of carbonyl (C=O) groups excluding carboxylic acids is 1. The summed E-state index contributed by atoms with van der Waals surface area (Å²) in [5.41, 5.74) is 0.669. The van der Waals surface area contributed by atoms with Crippen LogP contribution < -0.4 is 5.32 Å². The van der Waals surface area contributed by atoms with E-state index < -0.39 is 5.60 Å². The average molecular weight is 475 g/mol. The minimum atomic E-state index is -0.758. The van der Waals surface area contributed by atoms with Gasteiger partial charge in [0.25, 0.3) is 0 Å². The molecule has 184 valence electrons. The van der Waals surface area contributed by atoms with Crippen molar-refractivity contribution in [1.82, 2.24) is 10.2 Å². The fourth-order valence-corrected chi connectivity index (χ4v) is 8.02. The summed E-state index contributed by atoms with van der Waals surface area (Å²) in [6.45, 7) is 7.71. The molecule has 2 atom stereocenters. The van der Waals surface area contributed by atoms with E-state index in [4.69, 9.17) is 4.74 Å². The lowest BCUT2D eigenvalue weighted by Crippen LogP contribution is -2.54. The summed E-state index contributed by atoms with van der Waals surface area (Å²) in [6, 6.07) is 3.25. The number of likely N-dealkylation sites (tertiary alicyclic amines) is 1. The highest BCUT2D eigenvalue weighted by Crippen LogP contribution is 2.46. The van der Waals surface area contributed by atoms with Crippen LogP contribution >= 0.6 is 11.3 Å². The number of ether oxygens (including phenoxy) is 1. The summed E-state index contributed by atoms with van der Waals surface area (Å²) in [6.07, 6.45) is 11.6. The van der Waals surface area contributed by atoms with Gasteiger partial charge in [0, 0.05) is 41.3 Å². The van der Waals surface area contributed by atoms with Crippen LogP contribution in [0.2, 0.25) is 0 Å². The van der Waals surface area contributed by atoms with E-state index in [1.54, 1.807) is 4.88 Å². The van der Waals surface area contributed by atoms with Crippen LogP contribution in [0.5, 0.6) is 0 Å². The number of hydrogen-bond donors (Lipinski definition) is 2. The molecular formula is C27H42N2O3S.